The van der Waals surface area contributed by atoms with Crippen LogP contribution in [0.1, 0.15) is 0 Å². The van der Waals surface area contributed by atoms with Crippen LogP contribution in [0.4, 0.5) is 0 Å². The fourth-order valence-corrected chi connectivity index (χ4v) is 3.56. The van der Waals surface area contributed by atoms with Crippen molar-refractivity contribution in [1.29, 1.82) is 0 Å². The Balaban J connectivity index is 2.98. The highest BCUT2D eigenvalue weighted by Crippen LogP contribution is 2.32. The number of halogens is 2. The predicted molar refractivity (Wildman–Crippen MR) is 69.2 cm³/mol. The second kappa shape index (κ2) is 4.10. The van der Waals surface area contributed by atoms with E-state index in [4.69, 9.17) is 4.55 Å². The van der Waals surface area contributed by atoms with Crippen molar-refractivity contribution in [2.24, 2.45) is 0 Å². The van der Waals surface area contributed by atoms with Crippen molar-refractivity contribution in [3.05, 3.63) is 39.3 Å². The molecule has 0 fully saturated rings. The molecule has 0 heterocycles. The second-order valence-corrected chi connectivity index (χ2v) is 6.37. The Morgan fingerprint density at radius 2 is 1.75 bits per heavy atom. The lowest BCUT2D eigenvalue weighted by atomic mass is 10.1. The number of fused-ring (bicyclic) bond motifs is 1. The fraction of sp³-hybridized carbons (Fsp3) is 0. The van der Waals surface area contributed by atoms with Gasteiger partial charge in [-0.3, -0.25) is 4.55 Å². The van der Waals surface area contributed by atoms with Gasteiger partial charge in [0.05, 0.1) is 0 Å². The molecule has 0 radical (unpaired) electrons. The Hall–Kier alpha value is -0.430. The molecule has 0 atom stereocenters. The third-order valence-corrected chi connectivity index (χ3v) is 4.17. The SMILES string of the molecule is O=S(=O)(O)c1cccc2c(Br)cc(Br)cc12. The van der Waals surface area contributed by atoms with E-state index < -0.39 is 10.1 Å². The van der Waals surface area contributed by atoms with Crippen LogP contribution in [0, 0.1) is 0 Å². The molecule has 1 N–H and O–H groups in total. The Kier molecular flexibility index (Phi) is 3.09. The van der Waals surface area contributed by atoms with Crippen LogP contribution in [0.5, 0.6) is 0 Å². The molecule has 0 aliphatic carbocycles. The molecule has 2 rings (SSSR count). The first-order chi connectivity index (χ1) is 7.39. The average molecular weight is 366 g/mol. The molecule has 0 amide bonds. The first kappa shape index (κ1) is 12.0. The van der Waals surface area contributed by atoms with Gasteiger partial charge in [-0.25, -0.2) is 0 Å². The van der Waals surface area contributed by atoms with Gasteiger partial charge in [0.2, 0.25) is 0 Å². The highest BCUT2D eigenvalue weighted by Gasteiger charge is 2.14. The maximum Gasteiger partial charge on any atom is 0.295 e. The lowest BCUT2D eigenvalue weighted by Crippen LogP contribution is -1.98. The molecule has 3 nitrogen and oxygen atoms in total. The lowest BCUT2D eigenvalue weighted by molar-refractivity contribution is 0.484. The van der Waals surface area contributed by atoms with Crippen molar-refractivity contribution in [2.45, 2.75) is 4.90 Å². The Morgan fingerprint density at radius 1 is 1.06 bits per heavy atom. The molecule has 0 bridgehead atoms. The summed E-state index contributed by atoms with van der Waals surface area (Å²) in [4.78, 5) is -0.0907. The van der Waals surface area contributed by atoms with Crippen molar-refractivity contribution in [1.82, 2.24) is 0 Å². The standard InChI is InChI=1S/C10H6Br2O3S/c11-6-4-8-7(9(12)5-6)2-1-3-10(8)16(13,14)15/h1-5H,(H,13,14,15). The molecule has 0 unspecified atom stereocenters. The van der Waals surface area contributed by atoms with Crippen molar-refractivity contribution >= 4 is 52.8 Å². The summed E-state index contributed by atoms with van der Waals surface area (Å²) in [6.45, 7) is 0. The molecule has 0 saturated carbocycles. The molecule has 84 valence electrons. The lowest BCUT2D eigenvalue weighted by Gasteiger charge is -2.06. The molecule has 6 heteroatoms. The maximum absolute atomic E-state index is 11.2. The van der Waals surface area contributed by atoms with Gasteiger partial charge in [-0.15, -0.1) is 0 Å². The van der Waals surface area contributed by atoms with Gasteiger partial charge in [0, 0.05) is 14.3 Å². The van der Waals surface area contributed by atoms with Crippen LogP contribution in [0.2, 0.25) is 0 Å². The zero-order valence-electron chi connectivity index (χ0n) is 7.81. The Bertz CT molecular complexity index is 665. The quantitative estimate of drug-likeness (QED) is 0.785. The average Bonchev–Trinajstić information content (AvgIpc) is 2.15. The highest BCUT2D eigenvalue weighted by atomic mass is 79.9. The monoisotopic (exact) mass is 364 g/mol. The fourth-order valence-electron chi connectivity index (χ4n) is 1.50. The van der Waals surface area contributed by atoms with Gasteiger partial charge in [0.1, 0.15) is 4.90 Å². The van der Waals surface area contributed by atoms with Crippen LogP contribution < -0.4 is 0 Å². The zero-order chi connectivity index (χ0) is 11.9. The van der Waals surface area contributed by atoms with E-state index in [9.17, 15) is 8.42 Å². The van der Waals surface area contributed by atoms with Crippen molar-refractivity contribution in [2.75, 3.05) is 0 Å². The van der Waals surface area contributed by atoms with E-state index >= 15 is 0 Å². The second-order valence-electron chi connectivity index (χ2n) is 3.21. The summed E-state index contributed by atoms with van der Waals surface area (Å²) in [7, 11) is -4.20. The third kappa shape index (κ3) is 2.15. The van der Waals surface area contributed by atoms with Crippen LogP contribution in [-0.2, 0) is 10.1 Å². The van der Waals surface area contributed by atoms with Gasteiger partial charge >= 0.3 is 0 Å². The van der Waals surface area contributed by atoms with Crippen LogP contribution in [0.25, 0.3) is 10.8 Å². The molecule has 16 heavy (non-hydrogen) atoms. The van der Waals surface area contributed by atoms with Gasteiger partial charge < -0.3 is 0 Å². The molecule has 0 aliphatic heterocycles. The van der Waals surface area contributed by atoms with Crippen LogP contribution in [0.3, 0.4) is 0 Å². The third-order valence-electron chi connectivity index (χ3n) is 2.15. The van der Waals surface area contributed by atoms with E-state index in [0.29, 0.717) is 5.39 Å². The van der Waals surface area contributed by atoms with Gasteiger partial charge in [0.15, 0.2) is 0 Å². The molecule has 2 aromatic carbocycles. The molecule has 2 aromatic rings. The largest absolute Gasteiger partial charge is 0.295 e. The minimum Gasteiger partial charge on any atom is -0.282 e. The predicted octanol–water partition coefficient (Wildman–Crippen LogP) is 3.61. The van der Waals surface area contributed by atoms with Crippen molar-refractivity contribution in [3.63, 3.8) is 0 Å². The minimum atomic E-state index is -4.20. The van der Waals surface area contributed by atoms with Gasteiger partial charge in [-0.1, -0.05) is 44.0 Å². The summed E-state index contributed by atoms with van der Waals surface area (Å²) in [5.41, 5.74) is 0. The van der Waals surface area contributed by atoms with E-state index in [2.05, 4.69) is 31.9 Å². The van der Waals surface area contributed by atoms with E-state index in [1.165, 1.54) is 6.07 Å². The summed E-state index contributed by atoms with van der Waals surface area (Å²) in [6.07, 6.45) is 0. The van der Waals surface area contributed by atoms with E-state index in [1.54, 1.807) is 18.2 Å². The van der Waals surface area contributed by atoms with Gasteiger partial charge in [-0.2, -0.15) is 8.42 Å². The topological polar surface area (TPSA) is 54.4 Å². The molecular formula is C10H6Br2O3S. The van der Waals surface area contributed by atoms with Crippen molar-refractivity contribution in [3.8, 4) is 0 Å². The van der Waals surface area contributed by atoms with Crippen LogP contribution in [-0.4, -0.2) is 13.0 Å². The van der Waals surface area contributed by atoms with E-state index in [1.807, 2.05) is 6.07 Å². The molecular weight excluding hydrogens is 360 g/mol. The Morgan fingerprint density at radius 3 is 2.38 bits per heavy atom. The van der Waals surface area contributed by atoms with Crippen molar-refractivity contribution < 1.29 is 13.0 Å². The first-order valence-electron chi connectivity index (χ1n) is 4.25. The number of hydrogen-bond acceptors (Lipinski definition) is 2. The van der Waals surface area contributed by atoms with Crippen LogP contribution in [0.15, 0.2) is 44.2 Å². The minimum absolute atomic E-state index is 0.0907. The molecule has 0 aliphatic rings. The number of benzene rings is 2. The molecule has 0 spiro atoms. The van der Waals surface area contributed by atoms with Gasteiger partial charge in [0.25, 0.3) is 10.1 Å². The van der Waals surface area contributed by atoms with E-state index in [0.717, 1.165) is 14.3 Å². The summed E-state index contributed by atoms with van der Waals surface area (Å²) in [6, 6.07) is 8.21. The summed E-state index contributed by atoms with van der Waals surface area (Å²) in [5.74, 6) is 0. The first-order valence-corrected chi connectivity index (χ1v) is 7.27. The zero-order valence-corrected chi connectivity index (χ0v) is 11.8. The summed E-state index contributed by atoms with van der Waals surface area (Å²) < 4.78 is 33.0. The Labute approximate surface area is 109 Å². The smallest absolute Gasteiger partial charge is 0.282 e. The number of rotatable bonds is 1. The van der Waals surface area contributed by atoms with Crippen LogP contribution >= 0.6 is 31.9 Å². The van der Waals surface area contributed by atoms with Gasteiger partial charge in [-0.05, 0) is 23.6 Å². The summed E-state index contributed by atoms with van der Waals surface area (Å²) in [5, 5.41) is 1.21. The van der Waals surface area contributed by atoms with E-state index in [-0.39, 0.29) is 4.90 Å². The summed E-state index contributed by atoms with van der Waals surface area (Å²) >= 11 is 6.62. The molecule has 0 saturated heterocycles. The normalized spacial score (nSPS) is 11.9. The highest BCUT2D eigenvalue weighted by molar-refractivity contribution is 9.11. The molecule has 0 aromatic heterocycles. The maximum atomic E-state index is 11.2. The number of hydrogen-bond donors (Lipinski definition) is 1.